The number of nitrogens with zero attached hydrogens (tertiary/aromatic N) is 2. The van der Waals surface area contributed by atoms with Crippen LogP contribution in [-0.4, -0.2) is 49.1 Å². The highest BCUT2D eigenvalue weighted by Crippen LogP contribution is 2.23. The van der Waals surface area contributed by atoms with Gasteiger partial charge in [0.25, 0.3) is 5.91 Å². The lowest BCUT2D eigenvalue weighted by Crippen LogP contribution is -2.48. The van der Waals surface area contributed by atoms with Gasteiger partial charge in [0.2, 0.25) is 0 Å². The summed E-state index contributed by atoms with van der Waals surface area (Å²) in [4.78, 5) is 18.6. The van der Waals surface area contributed by atoms with Crippen LogP contribution in [0.15, 0.2) is 18.5 Å². The molecule has 5 heteroatoms. The lowest BCUT2D eigenvalue weighted by molar-refractivity contribution is 0.0611. The highest BCUT2D eigenvalue weighted by Gasteiger charge is 2.28. The van der Waals surface area contributed by atoms with Crippen molar-refractivity contribution in [3.05, 3.63) is 24.0 Å². The highest BCUT2D eigenvalue weighted by atomic mass is 16.5. The molecule has 1 amide bonds. The summed E-state index contributed by atoms with van der Waals surface area (Å²) in [6.07, 6.45) is 6.53. The third-order valence-electron chi connectivity index (χ3n) is 3.56. The number of ether oxygens (including phenoxy) is 1. The Bertz CT molecular complexity index is 434. The van der Waals surface area contributed by atoms with E-state index in [1.54, 1.807) is 25.6 Å². The van der Waals surface area contributed by atoms with Crippen LogP contribution < -0.4 is 10.1 Å². The number of rotatable bonds is 4. The molecule has 19 heavy (non-hydrogen) atoms. The van der Waals surface area contributed by atoms with Gasteiger partial charge in [0.1, 0.15) is 5.75 Å². The van der Waals surface area contributed by atoms with Crippen LogP contribution in [0.25, 0.3) is 0 Å². The molecule has 104 valence electrons. The summed E-state index contributed by atoms with van der Waals surface area (Å²) >= 11 is 0. The van der Waals surface area contributed by atoms with Crippen molar-refractivity contribution in [1.29, 1.82) is 0 Å². The van der Waals surface area contributed by atoms with E-state index in [4.69, 9.17) is 4.74 Å². The zero-order chi connectivity index (χ0) is 13.7. The average molecular weight is 263 g/mol. The summed E-state index contributed by atoms with van der Waals surface area (Å²) in [5, 5.41) is 3.16. The second kappa shape index (κ2) is 6.52. The van der Waals surface area contributed by atoms with Crippen molar-refractivity contribution in [3.8, 4) is 5.75 Å². The molecule has 1 aliphatic rings. The Hall–Kier alpha value is -1.62. The largest absolute Gasteiger partial charge is 0.494 e. The molecule has 1 aliphatic heterocycles. The summed E-state index contributed by atoms with van der Waals surface area (Å²) in [6, 6.07) is 2.00. The van der Waals surface area contributed by atoms with Gasteiger partial charge in [-0.25, -0.2) is 0 Å². The fourth-order valence-corrected chi connectivity index (χ4v) is 2.59. The van der Waals surface area contributed by atoms with E-state index >= 15 is 0 Å². The van der Waals surface area contributed by atoms with E-state index in [1.807, 2.05) is 11.9 Å². The number of hydrogen-bond donors (Lipinski definition) is 1. The molecule has 0 aromatic carbocycles. The van der Waals surface area contributed by atoms with Crippen molar-refractivity contribution >= 4 is 5.91 Å². The fourth-order valence-electron chi connectivity index (χ4n) is 2.59. The van der Waals surface area contributed by atoms with Gasteiger partial charge >= 0.3 is 0 Å². The molecule has 1 saturated heterocycles. The SMILES string of the molecule is CNCC1CCCCN1C(=O)c1ccncc1OC. The van der Waals surface area contributed by atoms with Crippen LogP contribution in [0, 0.1) is 0 Å². The van der Waals surface area contributed by atoms with E-state index in [0.29, 0.717) is 11.3 Å². The van der Waals surface area contributed by atoms with E-state index in [-0.39, 0.29) is 11.9 Å². The predicted octanol–water partition coefficient (Wildman–Crippen LogP) is 1.30. The second-order valence-electron chi connectivity index (χ2n) is 4.78. The van der Waals surface area contributed by atoms with Gasteiger partial charge in [-0.05, 0) is 32.4 Å². The predicted molar refractivity (Wildman–Crippen MR) is 73.4 cm³/mol. The fraction of sp³-hybridized carbons (Fsp3) is 0.571. The summed E-state index contributed by atoms with van der Waals surface area (Å²) in [5.74, 6) is 0.584. The molecule has 1 aromatic rings. The van der Waals surface area contributed by atoms with Crippen molar-refractivity contribution in [2.75, 3.05) is 27.2 Å². The van der Waals surface area contributed by atoms with E-state index in [2.05, 4.69) is 10.3 Å². The van der Waals surface area contributed by atoms with Crippen molar-refractivity contribution in [2.24, 2.45) is 0 Å². The number of aromatic nitrogens is 1. The van der Waals surface area contributed by atoms with Gasteiger partial charge in [0.05, 0.1) is 18.9 Å². The highest BCUT2D eigenvalue weighted by molar-refractivity contribution is 5.97. The van der Waals surface area contributed by atoms with Crippen molar-refractivity contribution < 1.29 is 9.53 Å². The number of amides is 1. The number of piperidine rings is 1. The third kappa shape index (κ3) is 3.04. The van der Waals surface area contributed by atoms with E-state index in [1.165, 1.54) is 6.42 Å². The smallest absolute Gasteiger partial charge is 0.258 e. The van der Waals surface area contributed by atoms with Crippen LogP contribution in [0.5, 0.6) is 5.75 Å². The topological polar surface area (TPSA) is 54.5 Å². The first-order valence-corrected chi connectivity index (χ1v) is 6.71. The molecule has 1 aromatic heterocycles. The lowest BCUT2D eigenvalue weighted by atomic mass is 10.0. The van der Waals surface area contributed by atoms with E-state index < -0.39 is 0 Å². The lowest BCUT2D eigenvalue weighted by Gasteiger charge is -2.36. The Kier molecular flexibility index (Phi) is 4.74. The quantitative estimate of drug-likeness (QED) is 0.889. The number of carbonyl (C=O) groups excluding carboxylic acids is 1. The van der Waals surface area contributed by atoms with Crippen LogP contribution in [0.2, 0.25) is 0 Å². The Morgan fingerprint density at radius 3 is 3.16 bits per heavy atom. The maximum absolute atomic E-state index is 12.7. The molecule has 1 fully saturated rings. The standard InChI is InChI=1S/C14H21N3O2/c1-15-9-11-5-3-4-8-17(11)14(18)12-6-7-16-10-13(12)19-2/h6-7,10-11,15H,3-5,8-9H2,1-2H3. The van der Waals surface area contributed by atoms with Crippen LogP contribution in [0.3, 0.4) is 0 Å². The maximum atomic E-state index is 12.7. The Morgan fingerprint density at radius 2 is 2.42 bits per heavy atom. The molecule has 1 unspecified atom stereocenters. The molecule has 1 N–H and O–H groups in total. The summed E-state index contributed by atoms with van der Waals surface area (Å²) in [6.45, 7) is 1.65. The summed E-state index contributed by atoms with van der Waals surface area (Å²) < 4.78 is 5.23. The number of likely N-dealkylation sites (N-methyl/N-ethyl adjacent to an activating group) is 1. The minimum atomic E-state index is 0.0409. The molecule has 1 atom stereocenters. The summed E-state index contributed by atoms with van der Waals surface area (Å²) in [7, 11) is 3.49. The number of nitrogens with one attached hydrogen (secondary N) is 1. The molecular weight excluding hydrogens is 242 g/mol. The number of carbonyl (C=O) groups is 1. The number of methoxy groups -OCH3 is 1. The molecule has 0 radical (unpaired) electrons. The van der Waals surface area contributed by atoms with Gasteiger partial charge in [-0.1, -0.05) is 0 Å². The Balaban J connectivity index is 2.21. The second-order valence-corrected chi connectivity index (χ2v) is 4.78. The van der Waals surface area contributed by atoms with Crippen molar-refractivity contribution in [2.45, 2.75) is 25.3 Å². The molecule has 0 spiro atoms. The Labute approximate surface area is 114 Å². The molecule has 0 saturated carbocycles. The monoisotopic (exact) mass is 263 g/mol. The van der Waals surface area contributed by atoms with Gasteiger partial charge in [0.15, 0.2) is 0 Å². The van der Waals surface area contributed by atoms with Crippen LogP contribution in [-0.2, 0) is 0 Å². The van der Waals surface area contributed by atoms with E-state index in [0.717, 1.165) is 25.9 Å². The first-order chi connectivity index (χ1) is 9.27. The van der Waals surface area contributed by atoms with Gasteiger partial charge < -0.3 is 15.0 Å². The van der Waals surface area contributed by atoms with Gasteiger partial charge in [-0.2, -0.15) is 0 Å². The normalized spacial score (nSPS) is 19.3. The zero-order valence-corrected chi connectivity index (χ0v) is 11.6. The summed E-state index contributed by atoms with van der Waals surface area (Å²) in [5.41, 5.74) is 0.598. The van der Waals surface area contributed by atoms with Crippen LogP contribution >= 0.6 is 0 Å². The maximum Gasteiger partial charge on any atom is 0.258 e. The van der Waals surface area contributed by atoms with Crippen molar-refractivity contribution in [1.82, 2.24) is 15.2 Å². The Morgan fingerprint density at radius 1 is 1.58 bits per heavy atom. The minimum Gasteiger partial charge on any atom is -0.494 e. The number of hydrogen-bond acceptors (Lipinski definition) is 4. The van der Waals surface area contributed by atoms with Crippen molar-refractivity contribution in [3.63, 3.8) is 0 Å². The molecule has 0 aliphatic carbocycles. The van der Waals surface area contributed by atoms with Gasteiger partial charge in [0, 0.05) is 25.3 Å². The molecular formula is C14H21N3O2. The molecule has 2 rings (SSSR count). The molecule has 0 bridgehead atoms. The number of likely N-dealkylation sites (tertiary alicyclic amines) is 1. The average Bonchev–Trinajstić information content (AvgIpc) is 2.47. The molecule has 2 heterocycles. The zero-order valence-electron chi connectivity index (χ0n) is 11.6. The van der Waals surface area contributed by atoms with Crippen LogP contribution in [0.1, 0.15) is 29.6 Å². The third-order valence-corrected chi connectivity index (χ3v) is 3.56. The van der Waals surface area contributed by atoms with Gasteiger partial charge in [-0.3, -0.25) is 9.78 Å². The first kappa shape index (κ1) is 13.8. The van der Waals surface area contributed by atoms with Crippen LogP contribution in [0.4, 0.5) is 0 Å². The minimum absolute atomic E-state index is 0.0409. The first-order valence-electron chi connectivity index (χ1n) is 6.71. The van der Waals surface area contributed by atoms with E-state index in [9.17, 15) is 4.79 Å². The molecule has 5 nitrogen and oxygen atoms in total. The number of pyridine rings is 1. The van der Waals surface area contributed by atoms with Gasteiger partial charge in [-0.15, -0.1) is 0 Å².